The van der Waals surface area contributed by atoms with E-state index in [1.54, 1.807) is 0 Å². The largest absolute Gasteiger partial charge is 0.396 e. The van der Waals surface area contributed by atoms with Crippen LogP contribution < -0.4 is 5.32 Å². The average molecular weight is 266 g/mol. The van der Waals surface area contributed by atoms with Crippen LogP contribution in [0.4, 0.5) is 0 Å². The first-order valence-electron chi connectivity index (χ1n) is 7.89. The van der Waals surface area contributed by atoms with Crippen molar-refractivity contribution in [3.8, 4) is 0 Å². The summed E-state index contributed by atoms with van der Waals surface area (Å²) in [5.41, 5.74) is 0.354. The Morgan fingerprint density at radius 1 is 1.37 bits per heavy atom. The number of amides is 1. The first kappa shape index (κ1) is 13.4. The molecule has 0 bridgehead atoms. The van der Waals surface area contributed by atoms with Crippen molar-refractivity contribution in [2.75, 3.05) is 26.2 Å². The fourth-order valence-corrected chi connectivity index (χ4v) is 4.13. The molecule has 0 radical (unpaired) electrons. The van der Waals surface area contributed by atoms with E-state index in [9.17, 15) is 4.79 Å². The molecule has 2 N–H and O–H groups in total. The van der Waals surface area contributed by atoms with Crippen molar-refractivity contribution in [2.24, 2.45) is 11.3 Å². The molecule has 4 nitrogen and oxygen atoms in total. The van der Waals surface area contributed by atoms with Gasteiger partial charge in [-0.05, 0) is 63.5 Å². The van der Waals surface area contributed by atoms with Gasteiger partial charge in [-0.2, -0.15) is 0 Å². The van der Waals surface area contributed by atoms with Crippen LogP contribution in [0.25, 0.3) is 0 Å². The van der Waals surface area contributed by atoms with E-state index in [4.69, 9.17) is 5.11 Å². The average Bonchev–Trinajstić information content (AvgIpc) is 2.92. The van der Waals surface area contributed by atoms with E-state index >= 15 is 0 Å². The normalized spacial score (nSPS) is 32.8. The van der Waals surface area contributed by atoms with Gasteiger partial charge in [0, 0.05) is 25.1 Å². The molecule has 0 aromatic heterocycles. The van der Waals surface area contributed by atoms with Gasteiger partial charge in [-0.15, -0.1) is 0 Å². The third-order valence-electron chi connectivity index (χ3n) is 5.44. The Morgan fingerprint density at radius 2 is 2.16 bits per heavy atom. The lowest BCUT2D eigenvalue weighted by Crippen LogP contribution is -2.39. The zero-order valence-corrected chi connectivity index (χ0v) is 11.7. The highest BCUT2D eigenvalue weighted by molar-refractivity contribution is 5.83. The molecule has 3 aliphatic rings. The zero-order chi connectivity index (χ0) is 13.3. The van der Waals surface area contributed by atoms with Crippen molar-refractivity contribution in [3.63, 3.8) is 0 Å². The second-order valence-corrected chi connectivity index (χ2v) is 6.56. The molecule has 3 fully saturated rings. The van der Waals surface area contributed by atoms with E-state index in [0.29, 0.717) is 23.3 Å². The lowest BCUT2D eigenvalue weighted by atomic mass is 9.91. The van der Waals surface area contributed by atoms with E-state index in [1.165, 1.54) is 12.8 Å². The number of likely N-dealkylation sites (tertiary alicyclic amines) is 1. The number of hydrogen-bond donors (Lipinski definition) is 2. The SMILES string of the molecule is O=C(C1CC12CCNCC2)N1CCCC1CCCO. The molecule has 2 unspecified atom stereocenters. The van der Waals surface area contributed by atoms with Crippen LogP contribution in [0.2, 0.25) is 0 Å². The molecule has 2 atom stereocenters. The Bertz CT molecular complexity index is 339. The van der Waals surface area contributed by atoms with Gasteiger partial charge in [-0.3, -0.25) is 4.79 Å². The van der Waals surface area contributed by atoms with Gasteiger partial charge >= 0.3 is 0 Å². The van der Waals surface area contributed by atoms with Crippen molar-refractivity contribution in [3.05, 3.63) is 0 Å². The van der Waals surface area contributed by atoms with Crippen molar-refractivity contribution in [1.82, 2.24) is 10.2 Å². The van der Waals surface area contributed by atoms with E-state index in [-0.39, 0.29) is 6.61 Å². The van der Waals surface area contributed by atoms with Gasteiger partial charge in [0.25, 0.3) is 0 Å². The zero-order valence-electron chi connectivity index (χ0n) is 11.7. The first-order valence-corrected chi connectivity index (χ1v) is 7.89. The topological polar surface area (TPSA) is 52.6 Å². The summed E-state index contributed by atoms with van der Waals surface area (Å²) in [4.78, 5) is 14.8. The summed E-state index contributed by atoms with van der Waals surface area (Å²) in [5.74, 6) is 0.728. The smallest absolute Gasteiger partial charge is 0.226 e. The van der Waals surface area contributed by atoms with Crippen molar-refractivity contribution >= 4 is 5.91 Å². The quantitative estimate of drug-likeness (QED) is 0.802. The van der Waals surface area contributed by atoms with Gasteiger partial charge in [0.2, 0.25) is 5.91 Å². The molecule has 0 aromatic rings. The molecule has 0 aromatic carbocycles. The number of nitrogens with zero attached hydrogens (tertiary/aromatic N) is 1. The maximum Gasteiger partial charge on any atom is 0.226 e. The molecule has 4 heteroatoms. The maximum absolute atomic E-state index is 12.7. The number of carbonyl (C=O) groups excluding carboxylic acids is 1. The predicted octanol–water partition coefficient (Wildman–Crippen LogP) is 1.14. The summed E-state index contributed by atoms with van der Waals surface area (Å²) >= 11 is 0. The van der Waals surface area contributed by atoms with Gasteiger partial charge < -0.3 is 15.3 Å². The molecule has 1 spiro atoms. The molecule has 2 aliphatic heterocycles. The minimum Gasteiger partial charge on any atom is -0.396 e. The molecule has 1 saturated carbocycles. The van der Waals surface area contributed by atoms with E-state index in [0.717, 1.165) is 51.7 Å². The third kappa shape index (κ3) is 2.52. The number of aliphatic hydroxyl groups excluding tert-OH is 1. The molecule has 1 aliphatic carbocycles. The third-order valence-corrected chi connectivity index (χ3v) is 5.44. The van der Waals surface area contributed by atoms with Gasteiger partial charge in [0.1, 0.15) is 0 Å². The molecular weight excluding hydrogens is 240 g/mol. The molecule has 1 amide bonds. The molecule has 2 heterocycles. The molecule has 108 valence electrons. The number of carbonyl (C=O) groups is 1. The fourth-order valence-electron chi connectivity index (χ4n) is 4.13. The number of aliphatic hydroxyl groups is 1. The van der Waals surface area contributed by atoms with Crippen LogP contribution in [-0.4, -0.2) is 48.2 Å². The lowest BCUT2D eigenvalue weighted by molar-refractivity contribution is -0.134. The monoisotopic (exact) mass is 266 g/mol. The minimum absolute atomic E-state index is 0.248. The van der Waals surface area contributed by atoms with E-state index in [2.05, 4.69) is 10.2 Å². The minimum atomic E-state index is 0.248. The summed E-state index contributed by atoms with van der Waals surface area (Å²) in [7, 11) is 0. The van der Waals surface area contributed by atoms with Crippen LogP contribution in [-0.2, 0) is 4.79 Å². The van der Waals surface area contributed by atoms with Crippen LogP contribution in [0.1, 0.15) is 44.9 Å². The second-order valence-electron chi connectivity index (χ2n) is 6.56. The maximum atomic E-state index is 12.7. The van der Waals surface area contributed by atoms with Gasteiger partial charge in [-0.1, -0.05) is 0 Å². The Hall–Kier alpha value is -0.610. The van der Waals surface area contributed by atoms with Crippen molar-refractivity contribution < 1.29 is 9.90 Å². The highest BCUT2D eigenvalue weighted by Gasteiger charge is 2.59. The highest BCUT2D eigenvalue weighted by atomic mass is 16.3. The van der Waals surface area contributed by atoms with Crippen molar-refractivity contribution in [1.29, 1.82) is 0 Å². The van der Waals surface area contributed by atoms with Crippen LogP contribution >= 0.6 is 0 Å². The summed E-state index contributed by atoms with van der Waals surface area (Å²) in [5, 5.41) is 12.4. The van der Waals surface area contributed by atoms with E-state index < -0.39 is 0 Å². The number of piperidine rings is 1. The molecule has 2 saturated heterocycles. The van der Waals surface area contributed by atoms with E-state index in [1.807, 2.05) is 0 Å². The van der Waals surface area contributed by atoms with Crippen LogP contribution in [0.15, 0.2) is 0 Å². The molecular formula is C15H26N2O2. The van der Waals surface area contributed by atoms with Gasteiger partial charge in [0.05, 0.1) is 0 Å². The first-order chi connectivity index (χ1) is 9.27. The standard InChI is InChI=1S/C15H26N2O2/c18-10-2-4-12-3-1-9-17(12)14(19)13-11-15(13)5-7-16-8-6-15/h12-13,16,18H,1-11H2. The predicted molar refractivity (Wildman–Crippen MR) is 73.7 cm³/mol. The fraction of sp³-hybridized carbons (Fsp3) is 0.933. The Labute approximate surface area is 115 Å². The summed E-state index contributed by atoms with van der Waals surface area (Å²) in [6.07, 6.45) is 7.56. The number of rotatable bonds is 4. The molecule has 3 rings (SSSR count). The summed E-state index contributed by atoms with van der Waals surface area (Å²) in [6, 6.07) is 0.402. The Kier molecular flexibility index (Phi) is 3.81. The molecule has 19 heavy (non-hydrogen) atoms. The van der Waals surface area contributed by atoms with Crippen molar-refractivity contribution in [2.45, 2.75) is 51.0 Å². The number of hydrogen-bond acceptors (Lipinski definition) is 3. The second kappa shape index (κ2) is 5.41. The Morgan fingerprint density at radius 3 is 2.89 bits per heavy atom. The summed E-state index contributed by atoms with van der Waals surface area (Å²) in [6.45, 7) is 3.35. The van der Waals surface area contributed by atoms with Gasteiger partial charge in [-0.25, -0.2) is 0 Å². The van der Waals surface area contributed by atoms with Crippen LogP contribution in [0.5, 0.6) is 0 Å². The lowest BCUT2D eigenvalue weighted by Gasteiger charge is -2.28. The van der Waals surface area contributed by atoms with Crippen LogP contribution in [0.3, 0.4) is 0 Å². The highest BCUT2D eigenvalue weighted by Crippen LogP contribution is 2.59. The Balaban J connectivity index is 1.58. The summed E-state index contributed by atoms with van der Waals surface area (Å²) < 4.78 is 0. The van der Waals surface area contributed by atoms with Crippen LogP contribution in [0, 0.1) is 11.3 Å². The van der Waals surface area contributed by atoms with Gasteiger partial charge in [0.15, 0.2) is 0 Å². The number of nitrogens with one attached hydrogen (secondary N) is 1.